The molecular weight excluding hydrogens is 243 g/mol. The molecule has 1 N–H and O–H groups in total. The average molecular weight is 266 g/mol. The van der Waals surface area contributed by atoms with Crippen LogP contribution >= 0.6 is 0 Å². The maximum atomic E-state index is 14.0. The van der Waals surface area contributed by atoms with Crippen molar-refractivity contribution in [1.29, 1.82) is 0 Å². The Labute approximate surface area is 114 Å². The first-order valence-electron chi connectivity index (χ1n) is 7.15. The third-order valence-corrected chi connectivity index (χ3v) is 3.62. The number of halogens is 1. The van der Waals surface area contributed by atoms with E-state index in [-0.39, 0.29) is 5.82 Å². The van der Waals surface area contributed by atoms with Gasteiger partial charge in [-0.3, -0.25) is 0 Å². The summed E-state index contributed by atoms with van der Waals surface area (Å²) >= 11 is 0. The molecule has 1 unspecified atom stereocenters. The number of nitrogens with one attached hydrogen (secondary N) is 1. The van der Waals surface area contributed by atoms with E-state index in [4.69, 9.17) is 0 Å². The Hall–Kier alpha value is -1.23. The van der Waals surface area contributed by atoms with Gasteiger partial charge in [-0.25, -0.2) is 14.4 Å². The molecule has 1 fully saturated rings. The average Bonchev–Trinajstić information content (AvgIpc) is 2.43. The van der Waals surface area contributed by atoms with E-state index in [9.17, 15) is 4.39 Å². The molecule has 2 rings (SSSR count). The lowest BCUT2D eigenvalue weighted by molar-refractivity contribution is 0.387. The predicted molar refractivity (Wildman–Crippen MR) is 74.8 cm³/mol. The van der Waals surface area contributed by atoms with Crippen molar-refractivity contribution < 1.29 is 4.39 Å². The minimum atomic E-state index is -0.273. The fourth-order valence-corrected chi connectivity index (χ4v) is 2.57. The summed E-state index contributed by atoms with van der Waals surface area (Å²) in [5.41, 5.74) is 0.427. The van der Waals surface area contributed by atoms with E-state index in [2.05, 4.69) is 27.1 Å². The van der Waals surface area contributed by atoms with Gasteiger partial charge in [-0.1, -0.05) is 6.92 Å². The highest BCUT2D eigenvalue weighted by atomic mass is 19.1. The Balaban J connectivity index is 1.98. The van der Waals surface area contributed by atoms with Crippen molar-refractivity contribution in [3.8, 4) is 0 Å². The van der Waals surface area contributed by atoms with Gasteiger partial charge in [-0.2, -0.15) is 0 Å². The van der Waals surface area contributed by atoms with Crippen molar-refractivity contribution in [3.05, 3.63) is 17.8 Å². The van der Waals surface area contributed by atoms with Gasteiger partial charge >= 0.3 is 0 Å². The van der Waals surface area contributed by atoms with Gasteiger partial charge in [-0.05, 0) is 45.2 Å². The highest BCUT2D eigenvalue weighted by Crippen LogP contribution is 2.24. The van der Waals surface area contributed by atoms with Crippen molar-refractivity contribution in [1.82, 2.24) is 15.3 Å². The largest absolute Gasteiger partial charge is 0.354 e. The molecule has 1 aromatic rings. The van der Waals surface area contributed by atoms with Crippen LogP contribution in [0.15, 0.2) is 6.33 Å². The van der Waals surface area contributed by atoms with Gasteiger partial charge in [0.2, 0.25) is 0 Å². The molecule has 0 amide bonds. The van der Waals surface area contributed by atoms with Crippen LogP contribution in [0.25, 0.3) is 0 Å². The molecule has 1 aromatic heterocycles. The lowest BCUT2D eigenvalue weighted by atomic mass is 9.98. The molecule has 1 aliphatic heterocycles. The fraction of sp³-hybridized carbons (Fsp3) is 0.714. The molecule has 0 radical (unpaired) electrons. The van der Waals surface area contributed by atoms with E-state index in [1.807, 2.05) is 0 Å². The minimum Gasteiger partial charge on any atom is -0.354 e. The number of aryl methyl sites for hydroxylation is 1. The first kappa shape index (κ1) is 14.2. The molecule has 2 heterocycles. The van der Waals surface area contributed by atoms with Crippen molar-refractivity contribution >= 4 is 5.82 Å². The van der Waals surface area contributed by atoms with E-state index in [0.29, 0.717) is 17.4 Å². The van der Waals surface area contributed by atoms with Crippen molar-refractivity contribution in [3.63, 3.8) is 0 Å². The third kappa shape index (κ3) is 3.62. The molecule has 0 saturated carbocycles. The number of nitrogens with zero attached hydrogens (tertiary/aromatic N) is 3. The van der Waals surface area contributed by atoms with Gasteiger partial charge < -0.3 is 10.2 Å². The lowest BCUT2D eigenvalue weighted by Gasteiger charge is -2.33. The molecule has 1 aliphatic rings. The van der Waals surface area contributed by atoms with E-state index in [1.54, 1.807) is 6.92 Å². The number of hydrogen-bond donors (Lipinski definition) is 1. The smallest absolute Gasteiger partial charge is 0.186 e. The van der Waals surface area contributed by atoms with Gasteiger partial charge in [0, 0.05) is 13.1 Å². The Morgan fingerprint density at radius 2 is 2.32 bits per heavy atom. The molecule has 1 atom stereocenters. The maximum Gasteiger partial charge on any atom is 0.186 e. The maximum absolute atomic E-state index is 14.0. The van der Waals surface area contributed by atoms with Gasteiger partial charge in [0.25, 0.3) is 0 Å². The van der Waals surface area contributed by atoms with Crippen molar-refractivity contribution in [2.75, 3.05) is 31.1 Å². The normalized spacial score (nSPS) is 19.7. The zero-order chi connectivity index (χ0) is 13.7. The number of hydrogen-bond acceptors (Lipinski definition) is 4. The van der Waals surface area contributed by atoms with Crippen molar-refractivity contribution in [2.24, 2.45) is 5.92 Å². The molecule has 0 aliphatic carbocycles. The van der Waals surface area contributed by atoms with Crippen LogP contribution in [0.5, 0.6) is 0 Å². The highest BCUT2D eigenvalue weighted by Gasteiger charge is 2.23. The zero-order valence-corrected chi connectivity index (χ0v) is 11.8. The third-order valence-electron chi connectivity index (χ3n) is 3.62. The second kappa shape index (κ2) is 6.80. The van der Waals surface area contributed by atoms with Crippen LogP contribution in [-0.2, 0) is 0 Å². The summed E-state index contributed by atoms with van der Waals surface area (Å²) in [6, 6.07) is 0. The Morgan fingerprint density at radius 3 is 3.11 bits per heavy atom. The molecule has 5 heteroatoms. The SMILES string of the molecule is CCCNCC1CCCN(c2ncnc(C)c2F)C1. The molecule has 4 nitrogen and oxygen atoms in total. The van der Waals surface area contributed by atoms with E-state index < -0.39 is 0 Å². The standard InChI is InChI=1S/C14H23FN4/c1-3-6-16-8-12-5-4-7-19(9-12)14-13(15)11(2)17-10-18-14/h10,12,16H,3-9H2,1-2H3. The molecule has 0 spiro atoms. The molecule has 106 valence electrons. The number of rotatable bonds is 5. The Kier molecular flexibility index (Phi) is 5.07. The zero-order valence-electron chi connectivity index (χ0n) is 11.8. The van der Waals surface area contributed by atoms with Crippen LogP contribution in [0.1, 0.15) is 31.9 Å². The van der Waals surface area contributed by atoms with Crippen LogP contribution in [-0.4, -0.2) is 36.1 Å². The highest BCUT2D eigenvalue weighted by molar-refractivity contribution is 5.41. The number of anilines is 1. The summed E-state index contributed by atoms with van der Waals surface area (Å²) in [4.78, 5) is 10.1. The first-order valence-corrected chi connectivity index (χ1v) is 7.15. The van der Waals surface area contributed by atoms with E-state index >= 15 is 0 Å². The monoisotopic (exact) mass is 266 g/mol. The summed E-state index contributed by atoms with van der Waals surface area (Å²) in [5.74, 6) is 0.771. The number of piperidine rings is 1. The summed E-state index contributed by atoms with van der Waals surface area (Å²) in [6.45, 7) is 7.68. The van der Waals surface area contributed by atoms with Gasteiger partial charge in [-0.15, -0.1) is 0 Å². The van der Waals surface area contributed by atoms with Crippen LogP contribution in [0.4, 0.5) is 10.2 Å². The molecule has 0 bridgehead atoms. The summed E-state index contributed by atoms with van der Waals surface area (Å²) in [6.07, 6.45) is 4.91. The van der Waals surface area contributed by atoms with Gasteiger partial charge in [0.1, 0.15) is 6.33 Å². The Bertz CT molecular complexity index is 410. The number of aromatic nitrogens is 2. The molecule has 19 heavy (non-hydrogen) atoms. The van der Waals surface area contributed by atoms with Gasteiger partial charge in [0.05, 0.1) is 5.69 Å². The Morgan fingerprint density at radius 1 is 1.47 bits per heavy atom. The summed E-state index contributed by atoms with van der Waals surface area (Å²) < 4.78 is 14.0. The first-order chi connectivity index (χ1) is 9.22. The second-order valence-corrected chi connectivity index (χ2v) is 5.26. The van der Waals surface area contributed by atoms with Crippen LogP contribution in [0.3, 0.4) is 0 Å². The van der Waals surface area contributed by atoms with Crippen molar-refractivity contribution in [2.45, 2.75) is 33.1 Å². The molecule has 1 saturated heterocycles. The van der Waals surface area contributed by atoms with Crippen LogP contribution < -0.4 is 10.2 Å². The molecule has 0 aromatic carbocycles. The quantitative estimate of drug-likeness (QED) is 0.829. The minimum absolute atomic E-state index is 0.273. The van der Waals surface area contributed by atoms with Crippen LogP contribution in [0, 0.1) is 18.7 Å². The van der Waals surface area contributed by atoms with E-state index in [1.165, 1.54) is 12.7 Å². The van der Waals surface area contributed by atoms with Gasteiger partial charge in [0.15, 0.2) is 11.6 Å². The lowest BCUT2D eigenvalue weighted by Crippen LogP contribution is -2.40. The summed E-state index contributed by atoms with van der Waals surface area (Å²) in [7, 11) is 0. The second-order valence-electron chi connectivity index (χ2n) is 5.26. The summed E-state index contributed by atoms with van der Waals surface area (Å²) in [5, 5.41) is 3.45. The molecular formula is C14H23FN4. The van der Waals surface area contributed by atoms with E-state index in [0.717, 1.165) is 39.0 Å². The predicted octanol–water partition coefficient (Wildman–Crippen LogP) is 2.14. The topological polar surface area (TPSA) is 41.0 Å². The van der Waals surface area contributed by atoms with Crippen LogP contribution in [0.2, 0.25) is 0 Å². The fourth-order valence-electron chi connectivity index (χ4n) is 2.57.